The van der Waals surface area contributed by atoms with Gasteiger partial charge in [0.1, 0.15) is 0 Å². The highest BCUT2D eigenvalue weighted by Gasteiger charge is 2.08. The van der Waals surface area contributed by atoms with Crippen molar-refractivity contribution < 1.29 is 13.2 Å². The zero-order valence-electron chi connectivity index (χ0n) is 13.4. The lowest BCUT2D eigenvalue weighted by Gasteiger charge is -2.13. The Kier molecular flexibility index (Phi) is 5.05. The highest BCUT2D eigenvalue weighted by Crippen LogP contribution is 2.17. The van der Waals surface area contributed by atoms with E-state index in [1.54, 1.807) is 24.3 Å². The van der Waals surface area contributed by atoms with E-state index in [9.17, 15) is 13.2 Å². The van der Waals surface area contributed by atoms with Crippen LogP contribution in [0.1, 0.15) is 15.9 Å². The van der Waals surface area contributed by atoms with Gasteiger partial charge in [0.05, 0.1) is 5.75 Å². The van der Waals surface area contributed by atoms with Gasteiger partial charge < -0.3 is 10.2 Å². The van der Waals surface area contributed by atoms with E-state index < -0.39 is 9.84 Å². The molecule has 1 amide bonds. The molecule has 23 heavy (non-hydrogen) atoms. The number of benzene rings is 2. The van der Waals surface area contributed by atoms with Crippen LogP contribution in [-0.2, 0) is 15.6 Å². The summed E-state index contributed by atoms with van der Waals surface area (Å²) in [5, 5.41) is 2.82. The van der Waals surface area contributed by atoms with Crippen LogP contribution in [0.3, 0.4) is 0 Å². The summed E-state index contributed by atoms with van der Waals surface area (Å²) in [6, 6.07) is 14.1. The maximum absolute atomic E-state index is 12.2. The fourth-order valence-corrected chi connectivity index (χ4v) is 2.90. The van der Waals surface area contributed by atoms with Crippen molar-refractivity contribution in [2.75, 3.05) is 30.6 Å². The first kappa shape index (κ1) is 17.0. The molecule has 0 saturated carbocycles. The number of amides is 1. The van der Waals surface area contributed by atoms with E-state index in [1.165, 1.54) is 6.26 Å². The highest BCUT2D eigenvalue weighted by atomic mass is 32.2. The SMILES string of the molecule is CN(C)c1ccc(NC(=O)c2ccc(CS(C)(=O)=O)cc2)cc1. The number of sulfone groups is 1. The van der Waals surface area contributed by atoms with E-state index in [2.05, 4.69) is 5.32 Å². The average Bonchev–Trinajstić information content (AvgIpc) is 2.46. The summed E-state index contributed by atoms with van der Waals surface area (Å²) < 4.78 is 22.5. The molecule has 0 fully saturated rings. The van der Waals surface area contributed by atoms with Gasteiger partial charge in [0.15, 0.2) is 9.84 Å². The van der Waals surface area contributed by atoms with Gasteiger partial charge >= 0.3 is 0 Å². The molecule has 0 aliphatic carbocycles. The van der Waals surface area contributed by atoms with Crippen LogP contribution in [0.25, 0.3) is 0 Å². The van der Waals surface area contributed by atoms with Crippen molar-refractivity contribution in [3.05, 3.63) is 59.7 Å². The van der Waals surface area contributed by atoms with Crippen LogP contribution in [-0.4, -0.2) is 34.7 Å². The molecule has 0 radical (unpaired) electrons. The molecule has 122 valence electrons. The summed E-state index contributed by atoms with van der Waals surface area (Å²) >= 11 is 0. The normalized spacial score (nSPS) is 11.1. The molecule has 1 N–H and O–H groups in total. The monoisotopic (exact) mass is 332 g/mol. The molecule has 6 heteroatoms. The standard InChI is InChI=1S/C17H20N2O3S/c1-19(2)16-10-8-15(9-11-16)18-17(20)14-6-4-13(5-7-14)12-23(3,21)22/h4-11H,12H2,1-3H3,(H,18,20). The molecule has 0 bridgehead atoms. The van der Waals surface area contributed by atoms with Gasteiger partial charge in [-0.3, -0.25) is 4.79 Å². The lowest BCUT2D eigenvalue weighted by atomic mass is 10.1. The Morgan fingerprint density at radius 1 is 1.00 bits per heavy atom. The average molecular weight is 332 g/mol. The largest absolute Gasteiger partial charge is 0.378 e. The Bertz CT molecular complexity index is 780. The molecular weight excluding hydrogens is 312 g/mol. The molecule has 0 unspecified atom stereocenters. The topological polar surface area (TPSA) is 66.5 Å². The molecule has 2 aromatic carbocycles. The second-order valence-corrected chi connectivity index (χ2v) is 7.80. The van der Waals surface area contributed by atoms with Crippen molar-refractivity contribution in [1.29, 1.82) is 0 Å². The lowest BCUT2D eigenvalue weighted by Crippen LogP contribution is -2.12. The summed E-state index contributed by atoms with van der Waals surface area (Å²) in [6.45, 7) is 0. The van der Waals surface area contributed by atoms with Gasteiger partial charge in [-0.15, -0.1) is 0 Å². The van der Waals surface area contributed by atoms with Crippen LogP contribution in [0, 0.1) is 0 Å². The highest BCUT2D eigenvalue weighted by molar-refractivity contribution is 7.89. The van der Waals surface area contributed by atoms with Gasteiger partial charge in [0, 0.05) is 37.3 Å². The van der Waals surface area contributed by atoms with E-state index in [0.717, 1.165) is 5.69 Å². The summed E-state index contributed by atoms with van der Waals surface area (Å²) in [5.74, 6) is -0.255. The predicted octanol–water partition coefficient (Wildman–Crippen LogP) is 2.55. The predicted molar refractivity (Wildman–Crippen MR) is 93.7 cm³/mol. The number of nitrogens with zero attached hydrogens (tertiary/aromatic N) is 1. The molecule has 5 nitrogen and oxygen atoms in total. The van der Waals surface area contributed by atoms with Crippen LogP contribution < -0.4 is 10.2 Å². The van der Waals surface area contributed by atoms with Crippen molar-refractivity contribution in [3.63, 3.8) is 0 Å². The minimum atomic E-state index is -3.07. The zero-order chi connectivity index (χ0) is 17.0. The van der Waals surface area contributed by atoms with Crippen LogP contribution in [0.15, 0.2) is 48.5 Å². The van der Waals surface area contributed by atoms with Gasteiger partial charge in [0.2, 0.25) is 0 Å². The Morgan fingerprint density at radius 3 is 2.04 bits per heavy atom. The molecule has 0 atom stereocenters. The second-order valence-electron chi connectivity index (χ2n) is 5.66. The molecule has 0 saturated heterocycles. The van der Waals surface area contributed by atoms with E-state index in [1.807, 2.05) is 43.3 Å². The van der Waals surface area contributed by atoms with Crippen LogP contribution in [0.4, 0.5) is 11.4 Å². The zero-order valence-corrected chi connectivity index (χ0v) is 14.2. The number of rotatable bonds is 5. The molecule has 0 aliphatic heterocycles. The Hall–Kier alpha value is -2.34. The molecular formula is C17H20N2O3S. The minimum Gasteiger partial charge on any atom is -0.378 e. The van der Waals surface area contributed by atoms with Gasteiger partial charge in [-0.25, -0.2) is 8.42 Å². The van der Waals surface area contributed by atoms with E-state index in [-0.39, 0.29) is 11.7 Å². The molecule has 0 spiro atoms. The van der Waals surface area contributed by atoms with Gasteiger partial charge in [-0.2, -0.15) is 0 Å². The Labute approximate surface area is 136 Å². The second kappa shape index (κ2) is 6.83. The maximum Gasteiger partial charge on any atom is 0.255 e. The molecule has 0 aliphatic rings. The first-order valence-corrected chi connectivity index (χ1v) is 9.16. The summed E-state index contributed by atoms with van der Waals surface area (Å²) in [5.41, 5.74) is 2.91. The van der Waals surface area contributed by atoms with Crippen LogP contribution in [0.5, 0.6) is 0 Å². The van der Waals surface area contributed by atoms with Crippen molar-refractivity contribution in [3.8, 4) is 0 Å². The fraction of sp³-hybridized carbons (Fsp3) is 0.235. The molecule has 2 rings (SSSR count). The first-order valence-electron chi connectivity index (χ1n) is 7.10. The third-order valence-electron chi connectivity index (χ3n) is 3.29. The van der Waals surface area contributed by atoms with Crippen molar-refractivity contribution in [2.24, 2.45) is 0 Å². The molecule has 2 aromatic rings. The smallest absolute Gasteiger partial charge is 0.255 e. The third-order valence-corrected chi connectivity index (χ3v) is 4.14. The number of carbonyl (C=O) groups excluding carboxylic acids is 1. The maximum atomic E-state index is 12.2. The first-order chi connectivity index (χ1) is 10.7. The van der Waals surface area contributed by atoms with Crippen LogP contribution >= 0.6 is 0 Å². The number of anilines is 2. The Balaban J connectivity index is 2.05. The van der Waals surface area contributed by atoms with Crippen molar-refractivity contribution >= 4 is 27.1 Å². The van der Waals surface area contributed by atoms with Crippen molar-refractivity contribution in [1.82, 2.24) is 0 Å². The Morgan fingerprint density at radius 2 is 1.57 bits per heavy atom. The van der Waals surface area contributed by atoms with Gasteiger partial charge in [-0.1, -0.05) is 12.1 Å². The molecule has 0 aromatic heterocycles. The van der Waals surface area contributed by atoms with E-state index >= 15 is 0 Å². The number of nitrogens with one attached hydrogen (secondary N) is 1. The van der Waals surface area contributed by atoms with E-state index in [4.69, 9.17) is 0 Å². The van der Waals surface area contributed by atoms with Gasteiger partial charge in [-0.05, 0) is 42.0 Å². The molecule has 0 heterocycles. The fourth-order valence-electron chi connectivity index (χ4n) is 2.10. The van der Waals surface area contributed by atoms with E-state index in [0.29, 0.717) is 16.8 Å². The summed E-state index contributed by atoms with van der Waals surface area (Å²) in [7, 11) is 0.826. The quantitative estimate of drug-likeness (QED) is 0.914. The summed E-state index contributed by atoms with van der Waals surface area (Å²) in [4.78, 5) is 14.2. The summed E-state index contributed by atoms with van der Waals surface area (Å²) in [6.07, 6.45) is 1.19. The van der Waals surface area contributed by atoms with Gasteiger partial charge in [0.25, 0.3) is 5.91 Å². The number of hydrogen-bond donors (Lipinski definition) is 1. The van der Waals surface area contributed by atoms with Crippen LogP contribution in [0.2, 0.25) is 0 Å². The minimum absolute atomic E-state index is 0.0269. The van der Waals surface area contributed by atoms with Crippen molar-refractivity contribution in [2.45, 2.75) is 5.75 Å². The lowest BCUT2D eigenvalue weighted by molar-refractivity contribution is 0.102. The number of hydrogen-bond acceptors (Lipinski definition) is 4. The third kappa shape index (κ3) is 5.10. The number of carbonyl (C=O) groups is 1.